The summed E-state index contributed by atoms with van der Waals surface area (Å²) in [4.78, 5) is 11.9. The number of esters is 1. The summed E-state index contributed by atoms with van der Waals surface area (Å²) in [5.74, 6) is 0.265. The molecule has 0 heterocycles. The van der Waals surface area contributed by atoms with Crippen LogP contribution < -0.4 is 4.74 Å². The minimum absolute atomic E-state index is 0.0696. The van der Waals surface area contributed by atoms with Crippen LogP contribution in [0.4, 0.5) is 4.39 Å². The molecule has 136 valence electrons. The number of carbonyl (C=O) groups is 1. The molecular formula is C22H16ClFO3. The molecule has 3 rings (SSSR count). The van der Waals surface area contributed by atoms with Crippen molar-refractivity contribution in [1.82, 2.24) is 0 Å². The van der Waals surface area contributed by atoms with Crippen molar-refractivity contribution in [2.75, 3.05) is 0 Å². The molecule has 0 spiro atoms. The van der Waals surface area contributed by atoms with Crippen LogP contribution in [0.1, 0.15) is 11.1 Å². The molecule has 5 heteroatoms. The quantitative estimate of drug-likeness (QED) is 0.386. The molecule has 0 saturated heterocycles. The number of hydrogen-bond donors (Lipinski definition) is 0. The van der Waals surface area contributed by atoms with Crippen LogP contribution in [0.2, 0.25) is 5.02 Å². The topological polar surface area (TPSA) is 35.5 Å². The van der Waals surface area contributed by atoms with Gasteiger partial charge in [0, 0.05) is 11.6 Å². The maximum Gasteiger partial charge on any atom is 0.331 e. The average Bonchev–Trinajstić information content (AvgIpc) is 2.67. The molecule has 0 atom stereocenters. The van der Waals surface area contributed by atoms with Gasteiger partial charge in [-0.25, -0.2) is 9.18 Å². The SMILES string of the molecule is O=C(/C=C/c1c(F)cccc1Cl)OCc1cccc(Oc2ccccc2)c1. The van der Waals surface area contributed by atoms with Crippen LogP contribution >= 0.6 is 11.6 Å². The van der Waals surface area contributed by atoms with E-state index in [4.69, 9.17) is 21.1 Å². The Hall–Kier alpha value is -3.11. The van der Waals surface area contributed by atoms with Crippen molar-refractivity contribution in [2.45, 2.75) is 6.61 Å². The van der Waals surface area contributed by atoms with Crippen LogP contribution in [0.3, 0.4) is 0 Å². The zero-order valence-electron chi connectivity index (χ0n) is 14.3. The maximum atomic E-state index is 13.7. The first-order chi connectivity index (χ1) is 13.1. The summed E-state index contributed by atoms with van der Waals surface area (Å²) in [5.41, 5.74) is 0.920. The van der Waals surface area contributed by atoms with Gasteiger partial charge in [0.05, 0.1) is 5.02 Å². The van der Waals surface area contributed by atoms with E-state index in [2.05, 4.69) is 0 Å². The van der Waals surface area contributed by atoms with E-state index < -0.39 is 11.8 Å². The molecule has 0 fully saturated rings. The molecule has 0 saturated carbocycles. The van der Waals surface area contributed by atoms with Crippen LogP contribution in [-0.2, 0) is 16.1 Å². The molecule has 27 heavy (non-hydrogen) atoms. The lowest BCUT2D eigenvalue weighted by atomic mass is 10.2. The van der Waals surface area contributed by atoms with Crippen molar-refractivity contribution in [1.29, 1.82) is 0 Å². The van der Waals surface area contributed by atoms with Gasteiger partial charge in [0.25, 0.3) is 0 Å². The molecule has 0 N–H and O–H groups in total. The van der Waals surface area contributed by atoms with Gasteiger partial charge < -0.3 is 9.47 Å². The van der Waals surface area contributed by atoms with E-state index in [1.54, 1.807) is 12.1 Å². The number of rotatable bonds is 6. The first-order valence-corrected chi connectivity index (χ1v) is 8.60. The summed E-state index contributed by atoms with van der Waals surface area (Å²) < 4.78 is 24.6. The third kappa shape index (κ3) is 5.43. The monoisotopic (exact) mass is 382 g/mol. The molecule has 0 aliphatic carbocycles. The molecule has 0 amide bonds. The molecule has 0 bridgehead atoms. The minimum Gasteiger partial charge on any atom is -0.458 e. The van der Waals surface area contributed by atoms with Crippen LogP contribution in [-0.4, -0.2) is 5.97 Å². The van der Waals surface area contributed by atoms with E-state index in [1.807, 2.05) is 48.5 Å². The van der Waals surface area contributed by atoms with Crippen molar-refractivity contribution in [3.05, 3.63) is 101 Å². The third-order valence-corrected chi connectivity index (χ3v) is 3.97. The normalized spacial score (nSPS) is 10.7. The Morgan fingerprint density at radius 1 is 0.963 bits per heavy atom. The highest BCUT2D eigenvalue weighted by Gasteiger charge is 2.05. The lowest BCUT2D eigenvalue weighted by molar-refractivity contribution is -0.138. The van der Waals surface area contributed by atoms with Gasteiger partial charge in [0.1, 0.15) is 23.9 Å². The summed E-state index contributed by atoms with van der Waals surface area (Å²) in [6.45, 7) is 0.0696. The third-order valence-electron chi connectivity index (χ3n) is 3.64. The highest BCUT2D eigenvalue weighted by atomic mass is 35.5. The summed E-state index contributed by atoms with van der Waals surface area (Å²) >= 11 is 5.91. The molecular weight excluding hydrogens is 367 g/mol. The number of halogens is 2. The van der Waals surface area contributed by atoms with Gasteiger partial charge in [-0.1, -0.05) is 48.0 Å². The summed E-state index contributed by atoms with van der Waals surface area (Å²) in [7, 11) is 0. The second-order valence-corrected chi connectivity index (χ2v) is 6.05. The highest BCUT2D eigenvalue weighted by molar-refractivity contribution is 6.32. The standard InChI is InChI=1S/C22H16ClFO3/c23-20-10-5-11-21(24)19(20)12-13-22(25)26-15-16-6-4-9-18(14-16)27-17-7-2-1-3-8-17/h1-14H,15H2/b13-12+. The predicted molar refractivity (Wildman–Crippen MR) is 103 cm³/mol. The summed E-state index contributed by atoms with van der Waals surface area (Å²) in [6, 6.07) is 20.9. The number of hydrogen-bond acceptors (Lipinski definition) is 3. The van der Waals surface area contributed by atoms with Crippen LogP contribution in [0.25, 0.3) is 6.08 Å². The van der Waals surface area contributed by atoms with Gasteiger partial charge in [-0.3, -0.25) is 0 Å². The molecule has 3 nitrogen and oxygen atoms in total. The van der Waals surface area contributed by atoms with E-state index in [0.29, 0.717) is 5.75 Å². The molecule has 0 unspecified atom stereocenters. The fourth-order valence-corrected chi connectivity index (χ4v) is 2.57. The van der Waals surface area contributed by atoms with Crippen molar-refractivity contribution in [3.63, 3.8) is 0 Å². The fraction of sp³-hybridized carbons (Fsp3) is 0.0455. The van der Waals surface area contributed by atoms with Gasteiger partial charge in [0.15, 0.2) is 0 Å². The minimum atomic E-state index is -0.594. The maximum absolute atomic E-state index is 13.7. The Kier molecular flexibility index (Phi) is 6.23. The Bertz CT molecular complexity index is 935. The summed E-state index contributed by atoms with van der Waals surface area (Å²) in [6.07, 6.45) is 2.45. The van der Waals surface area contributed by atoms with Crippen molar-refractivity contribution in [3.8, 4) is 11.5 Å². The molecule has 3 aromatic carbocycles. The van der Waals surface area contributed by atoms with E-state index >= 15 is 0 Å². The number of ether oxygens (including phenoxy) is 2. The van der Waals surface area contributed by atoms with Crippen LogP contribution in [0, 0.1) is 5.82 Å². The number of carbonyl (C=O) groups excluding carboxylic acids is 1. The molecule has 0 aromatic heterocycles. The molecule has 3 aromatic rings. The second-order valence-electron chi connectivity index (χ2n) is 5.64. The van der Waals surface area contributed by atoms with Gasteiger partial charge in [-0.05, 0) is 48.0 Å². The van der Waals surface area contributed by atoms with Crippen LogP contribution in [0.15, 0.2) is 78.9 Å². The predicted octanol–water partition coefficient (Wildman–Crippen LogP) is 6.03. The van der Waals surface area contributed by atoms with Crippen molar-refractivity contribution >= 4 is 23.6 Å². The Labute approximate surface area is 161 Å². The Morgan fingerprint density at radius 2 is 1.70 bits per heavy atom. The zero-order valence-corrected chi connectivity index (χ0v) is 15.0. The zero-order chi connectivity index (χ0) is 19.1. The molecule has 0 aliphatic rings. The first-order valence-electron chi connectivity index (χ1n) is 8.22. The number of para-hydroxylation sites is 1. The molecule has 0 aliphatic heterocycles. The Morgan fingerprint density at radius 3 is 2.48 bits per heavy atom. The van der Waals surface area contributed by atoms with Gasteiger partial charge in [-0.15, -0.1) is 0 Å². The lowest BCUT2D eigenvalue weighted by Gasteiger charge is -2.08. The summed E-state index contributed by atoms with van der Waals surface area (Å²) in [5, 5.41) is 0.227. The molecule has 0 radical (unpaired) electrons. The first kappa shape index (κ1) is 18.7. The van der Waals surface area contributed by atoms with Gasteiger partial charge >= 0.3 is 5.97 Å². The van der Waals surface area contributed by atoms with E-state index in [1.165, 1.54) is 18.2 Å². The van der Waals surface area contributed by atoms with Crippen molar-refractivity contribution < 1.29 is 18.7 Å². The Balaban J connectivity index is 1.59. The van der Waals surface area contributed by atoms with E-state index in [0.717, 1.165) is 17.4 Å². The van der Waals surface area contributed by atoms with Gasteiger partial charge in [0.2, 0.25) is 0 Å². The van der Waals surface area contributed by atoms with Crippen LogP contribution in [0.5, 0.6) is 11.5 Å². The average molecular weight is 383 g/mol. The fourth-order valence-electron chi connectivity index (χ4n) is 2.35. The van der Waals surface area contributed by atoms with E-state index in [-0.39, 0.29) is 17.2 Å². The number of benzene rings is 3. The highest BCUT2D eigenvalue weighted by Crippen LogP contribution is 2.22. The largest absolute Gasteiger partial charge is 0.458 e. The van der Waals surface area contributed by atoms with E-state index in [9.17, 15) is 9.18 Å². The van der Waals surface area contributed by atoms with Gasteiger partial charge in [-0.2, -0.15) is 0 Å². The second kappa shape index (κ2) is 9.01. The van der Waals surface area contributed by atoms with Crippen molar-refractivity contribution in [2.24, 2.45) is 0 Å². The lowest BCUT2D eigenvalue weighted by Crippen LogP contribution is -2.01. The smallest absolute Gasteiger partial charge is 0.331 e.